The van der Waals surface area contributed by atoms with Crippen LogP contribution in [0.3, 0.4) is 0 Å². The fourth-order valence-electron chi connectivity index (χ4n) is 2.00. The van der Waals surface area contributed by atoms with Crippen molar-refractivity contribution in [2.45, 2.75) is 39.2 Å². The highest BCUT2D eigenvalue weighted by Crippen LogP contribution is 2.19. The fraction of sp³-hybridized carbons (Fsp3) is 0.368. The summed E-state index contributed by atoms with van der Waals surface area (Å²) in [5.74, 6) is 5.67. The van der Waals surface area contributed by atoms with E-state index in [1.54, 1.807) is 43.4 Å². The molecular weight excluding hydrogens is 320 g/mol. The molecule has 1 atom stereocenters. The van der Waals surface area contributed by atoms with E-state index in [9.17, 15) is 9.90 Å². The number of carbonyl (C=O) groups excluding carboxylic acids is 1. The van der Waals surface area contributed by atoms with Crippen LogP contribution in [0.4, 0.5) is 0 Å². The highest BCUT2D eigenvalue weighted by atomic mass is 32.1. The Morgan fingerprint density at radius 2 is 2.21 bits per heavy atom. The molecule has 0 saturated heterocycles. The van der Waals surface area contributed by atoms with Crippen molar-refractivity contribution in [2.75, 3.05) is 6.54 Å². The zero-order valence-electron chi connectivity index (χ0n) is 14.4. The van der Waals surface area contributed by atoms with E-state index >= 15 is 0 Å². The molecule has 126 valence electrons. The second kappa shape index (κ2) is 7.61. The topological polar surface area (TPSA) is 62.2 Å². The minimum atomic E-state index is -1.06. The van der Waals surface area contributed by atoms with Gasteiger partial charge >= 0.3 is 0 Å². The predicted octanol–water partition coefficient (Wildman–Crippen LogP) is 3.11. The van der Waals surface area contributed by atoms with Gasteiger partial charge in [-0.05, 0) is 39.0 Å². The van der Waals surface area contributed by atoms with Crippen molar-refractivity contribution >= 4 is 17.2 Å². The minimum Gasteiger partial charge on any atom is -0.378 e. The SMILES string of the molecule is Cc1csc(C(C)CNC(=O)c2cccc(C#CC(C)(C)O)c2)n1. The van der Waals surface area contributed by atoms with Crippen molar-refractivity contribution < 1.29 is 9.90 Å². The lowest BCUT2D eigenvalue weighted by molar-refractivity contribution is 0.0951. The number of hydrogen-bond acceptors (Lipinski definition) is 4. The molecule has 1 unspecified atom stereocenters. The molecule has 2 aromatic rings. The first kappa shape index (κ1) is 18.2. The van der Waals surface area contributed by atoms with E-state index in [0.29, 0.717) is 17.7 Å². The van der Waals surface area contributed by atoms with Crippen LogP contribution in [-0.2, 0) is 0 Å². The Balaban J connectivity index is 2.00. The highest BCUT2D eigenvalue weighted by molar-refractivity contribution is 7.09. The van der Waals surface area contributed by atoms with Crippen LogP contribution in [0.1, 0.15) is 53.3 Å². The number of aliphatic hydroxyl groups is 1. The summed E-state index contributed by atoms with van der Waals surface area (Å²) in [6.45, 7) is 7.79. The van der Waals surface area contributed by atoms with Crippen LogP contribution in [-0.4, -0.2) is 28.1 Å². The number of amides is 1. The Morgan fingerprint density at radius 3 is 2.83 bits per heavy atom. The monoisotopic (exact) mass is 342 g/mol. The first-order chi connectivity index (χ1) is 11.2. The molecule has 1 aromatic heterocycles. The third kappa shape index (κ3) is 5.48. The number of thiazole rings is 1. The van der Waals surface area contributed by atoms with Crippen LogP contribution in [0.2, 0.25) is 0 Å². The molecule has 0 radical (unpaired) electrons. The van der Waals surface area contributed by atoms with Gasteiger partial charge in [0.25, 0.3) is 5.91 Å². The third-order valence-electron chi connectivity index (χ3n) is 3.26. The van der Waals surface area contributed by atoms with Gasteiger partial charge in [-0.1, -0.05) is 24.8 Å². The number of carbonyl (C=O) groups is 1. The van der Waals surface area contributed by atoms with Crippen molar-refractivity contribution in [1.29, 1.82) is 0 Å². The third-order valence-corrected chi connectivity index (χ3v) is 4.46. The standard InChI is InChI=1S/C19H22N2O2S/c1-13(18-21-14(2)12-24-18)11-20-17(22)16-7-5-6-15(10-16)8-9-19(3,4)23/h5-7,10,12-13,23H,11H2,1-4H3,(H,20,22). The summed E-state index contributed by atoms with van der Waals surface area (Å²) in [5.41, 5.74) is 1.21. The highest BCUT2D eigenvalue weighted by Gasteiger charge is 2.12. The maximum atomic E-state index is 12.3. The van der Waals surface area contributed by atoms with Crippen molar-refractivity contribution in [3.63, 3.8) is 0 Å². The van der Waals surface area contributed by atoms with E-state index in [2.05, 4.69) is 22.1 Å². The van der Waals surface area contributed by atoms with Gasteiger partial charge in [-0.2, -0.15) is 0 Å². The van der Waals surface area contributed by atoms with Gasteiger partial charge in [0.15, 0.2) is 0 Å². The van der Waals surface area contributed by atoms with Gasteiger partial charge in [-0.25, -0.2) is 4.98 Å². The van der Waals surface area contributed by atoms with E-state index in [1.165, 1.54) is 0 Å². The lowest BCUT2D eigenvalue weighted by atomic mass is 10.1. The van der Waals surface area contributed by atoms with E-state index in [1.807, 2.05) is 25.3 Å². The molecule has 2 rings (SSSR count). The lowest BCUT2D eigenvalue weighted by Gasteiger charge is -2.10. The first-order valence-corrected chi connectivity index (χ1v) is 8.68. The number of benzene rings is 1. The summed E-state index contributed by atoms with van der Waals surface area (Å²) in [4.78, 5) is 16.8. The Morgan fingerprint density at radius 1 is 1.46 bits per heavy atom. The molecule has 5 heteroatoms. The number of nitrogens with zero attached hydrogens (tertiary/aromatic N) is 1. The van der Waals surface area contributed by atoms with E-state index < -0.39 is 5.60 Å². The normalized spacial score (nSPS) is 12.2. The van der Waals surface area contributed by atoms with Crippen LogP contribution in [0.5, 0.6) is 0 Å². The molecule has 1 aromatic carbocycles. The summed E-state index contributed by atoms with van der Waals surface area (Å²) >= 11 is 1.61. The molecule has 0 bridgehead atoms. The molecule has 0 saturated carbocycles. The van der Waals surface area contributed by atoms with Crippen LogP contribution in [0.25, 0.3) is 0 Å². The minimum absolute atomic E-state index is 0.137. The summed E-state index contributed by atoms with van der Waals surface area (Å²) in [5, 5.41) is 15.6. The predicted molar refractivity (Wildman–Crippen MR) is 97.2 cm³/mol. The zero-order chi connectivity index (χ0) is 17.7. The second-order valence-corrected chi connectivity index (χ2v) is 7.22. The smallest absolute Gasteiger partial charge is 0.251 e. The molecular formula is C19H22N2O2S. The molecule has 24 heavy (non-hydrogen) atoms. The summed E-state index contributed by atoms with van der Waals surface area (Å²) in [7, 11) is 0. The van der Waals surface area contributed by atoms with Crippen molar-refractivity contribution in [1.82, 2.24) is 10.3 Å². The fourth-order valence-corrected chi connectivity index (χ4v) is 2.85. The molecule has 0 aliphatic carbocycles. The van der Waals surface area contributed by atoms with Gasteiger partial charge in [0.05, 0.1) is 5.01 Å². The van der Waals surface area contributed by atoms with Crippen LogP contribution in [0.15, 0.2) is 29.6 Å². The maximum Gasteiger partial charge on any atom is 0.251 e. The van der Waals surface area contributed by atoms with E-state index in [-0.39, 0.29) is 11.8 Å². The molecule has 1 heterocycles. The Bertz CT molecular complexity index is 778. The van der Waals surface area contributed by atoms with Gasteiger partial charge in [0, 0.05) is 34.7 Å². The average molecular weight is 342 g/mol. The zero-order valence-corrected chi connectivity index (χ0v) is 15.2. The summed E-state index contributed by atoms with van der Waals surface area (Å²) in [6.07, 6.45) is 0. The Hall–Kier alpha value is -2.16. The maximum absolute atomic E-state index is 12.3. The molecule has 0 aliphatic rings. The van der Waals surface area contributed by atoms with Crippen LogP contribution >= 0.6 is 11.3 Å². The summed E-state index contributed by atoms with van der Waals surface area (Å²) < 4.78 is 0. The van der Waals surface area contributed by atoms with Crippen LogP contribution < -0.4 is 5.32 Å². The Kier molecular flexibility index (Phi) is 5.76. The number of aromatic nitrogens is 1. The second-order valence-electron chi connectivity index (χ2n) is 6.33. The van der Waals surface area contributed by atoms with Gasteiger partial charge < -0.3 is 10.4 Å². The molecule has 0 spiro atoms. The quantitative estimate of drug-likeness (QED) is 0.839. The molecule has 2 N–H and O–H groups in total. The van der Waals surface area contributed by atoms with E-state index in [0.717, 1.165) is 10.7 Å². The van der Waals surface area contributed by atoms with Crippen LogP contribution in [0, 0.1) is 18.8 Å². The number of nitrogens with one attached hydrogen (secondary N) is 1. The lowest BCUT2D eigenvalue weighted by Crippen LogP contribution is -2.27. The van der Waals surface area contributed by atoms with Crippen molar-refractivity contribution in [2.24, 2.45) is 0 Å². The molecule has 0 fully saturated rings. The largest absolute Gasteiger partial charge is 0.378 e. The number of aryl methyl sites for hydroxylation is 1. The molecule has 1 amide bonds. The summed E-state index contributed by atoms with van der Waals surface area (Å²) in [6, 6.07) is 7.09. The van der Waals surface area contributed by atoms with E-state index in [4.69, 9.17) is 0 Å². The van der Waals surface area contributed by atoms with Gasteiger partial charge in [0.1, 0.15) is 5.60 Å². The van der Waals surface area contributed by atoms with Gasteiger partial charge in [0.2, 0.25) is 0 Å². The molecule has 4 nitrogen and oxygen atoms in total. The van der Waals surface area contributed by atoms with Gasteiger partial charge in [-0.3, -0.25) is 4.79 Å². The van der Waals surface area contributed by atoms with Crippen molar-refractivity contribution in [3.8, 4) is 11.8 Å². The molecule has 0 aliphatic heterocycles. The van der Waals surface area contributed by atoms with Gasteiger partial charge in [-0.15, -0.1) is 11.3 Å². The number of rotatable bonds is 4. The Labute approximate surface area is 147 Å². The number of hydrogen-bond donors (Lipinski definition) is 2. The first-order valence-electron chi connectivity index (χ1n) is 7.80. The average Bonchev–Trinajstić information content (AvgIpc) is 2.96. The van der Waals surface area contributed by atoms with Crippen molar-refractivity contribution in [3.05, 3.63) is 51.5 Å².